The third kappa shape index (κ3) is 4.24. The molecule has 1 aliphatic rings. The van der Waals surface area contributed by atoms with E-state index >= 15 is 0 Å². The molecule has 0 radical (unpaired) electrons. The number of esters is 1. The molecule has 1 saturated carbocycles. The zero-order valence-corrected chi connectivity index (χ0v) is 14.6. The molecule has 0 bridgehead atoms. The van der Waals surface area contributed by atoms with Crippen LogP contribution in [-0.4, -0.2) is 18.7 Å². The van der Waals surface area contributed by atoms with Gasteiger partial charge in [-0.25, -0.2) is 4.79 Å². The van der Waals surface area contributed by atoms with Gasteiger partial charge in [0.25, 0.3) is 0 Å². The molecule has 0 atom stereocenters. The second-order valence-corrected chi connectivity index (χ2v) is 7.16. The van der Waals surface area contributed by atoms with Crippen molar-refractivity contribution in [3.63, 3.8) is 0 Å². The number of hydrogen-bond donors (Lipinski definition) is 0. The maximum Gasteiger partial charge on any atom is 0.396 e. The average molecular weight is 350 g/mol. The molecule has 0 unspecified atom stereocenters. The van der Waals surface area contributed by atoms with Gasteiger partial charge in [-0.15, -0.1) is 0 Å². The van der Waals surface area contributed by atoms with Gasteiger partial charge in [-0.2, -0.15) is 0 Å². The normalized spacial score (nSPS) is 21.0. The summed E-state index contributed by atoms with van der Waals surface area (Å²) in [6, 6.07) is 5.04. The minimum atomic E-state index is -0.352. The number of fused-ring (bicyclic) bond motifs is 1. The smallest absolute Gasteiger partial charge is 0.396 e. The zero-order chi connectivity index (χ0) is 16.9. The van der Waals surface area contributed by atoms with Crippen LogP contribution < -0.4 is 9.68 Å². The standard InChI is InChI=1S/C18H22O5S/c1-2-3-10-21-13-6-4-12(5-7-13)17(19)22-14-8-9-16-15(11-14)23-18(20)24-16/h8-9,11-13H,2-7,10H2,1H3. The van der Waals surface area contributed by atoms with Gasteiger partial charge in [0, 0.05) is 12.7 Å². The van der Waals surface area contributed by atoms with Crippen molar-refractivity contribution >= 4 is 27.6 Å². The number of ether oxygens (including phenoxy) is 2. The van der Waals surface area contributed by atoms with E-state index in [1.807, 2.05) is 0 Å². The van der Waals surface area contributed by atoms with Gasteiger partial charge in [0.1, 0.15) is 5.75 Å². The summed E-state index contributed by atoms with van der Waals surface area (Å²) in [4.78, 5) is 23.2. The van der Waals surface area contributed by atoms with Crippen LogP contribution in [0.1, 0.15) is 45.4 Å². The molecule has 0 aliphatic heterocycles. The summed E-state index contributed by atoms with van der Waals surface area (Å²) in [5.41, 5.74) is 0.461. The molecule has 5 nitrogen and oxygen atoms in total. The Morgan fingerprint density at radius 2 is 2.08 bits per heavy atom. The van der Waals surface area contributed by atoms with Gasteiger partial charge in [-0.1, -0.05) is 24.7 Å². The predicted octanol–water partition coefficient (Wildman–Crippen LogP) is 4.14. The van der Waals surface area contributed by atoms with E-state index in [0.717, 1.165) is 61.2 Å². The molecule has 1 heterocycles. The highest BCUT2D eigenvalue weighted by Gasteiger charge is 2.28. The van der Waals surface area contributed by atoms with E-state index in [0.29, 0.717) is 11.3 Å². The highest BCUT2D eigenvalue weighted by Crippen LogP contribution is 2.29. The molecule has 1 fully saturated rings. The van der Waals surface area contributed by atoms with E-state index in [9.17, 15) is 9.59 Å². The second-order valence-electron chi connectivity index (χ2n) is 6.18. The van der Waals surface area contributed by atoms with E-state index in [-0.39, 0.29) is 22.9 Å². The Balaban J connectivity index is 1.52. The second kappa shape index (κ2) is 7.94. The Morgan fingerprint density at radius 3 is 2.83 bits per heavy atom. The lowest BCUT2D eigenvalue weighted by molar-refractivity contribution is -0.141. The van der Waals surface area contributed by atoms with Gasteiger partial charge in [-0.3, -0.25) is 4.79 Å². The maximum atomic E-state index is 12.3. The molecule has 1 aromatic heterocycles. The Kier molecular flexibility index (Phi) is 5.68. The van der Waals surface area contributed by atoms with Crippen LogP contribution in [-0.2, 0) is 9.53 Å². The summed E-state index contributed by atoms with van der Waals surface area (Å²) in [7, 11) is 0. The molecule has 1 aromatic carbocycles. The fourth-order valence-electron chi connectivity index (χ4n) is 2.98. The molecule has 130 valence electrons. The van der Waals surface area contributed by atoms with Gasteiger partial charge < -0.3 is 13.9 Å². The molecular weight excluding hydrogens is 328 g/mol. The minimum Gasteiger partial charge on any atom is -0.426 e. The number of rotatable bonds is 6. The van der Waals surface area contributed by atoms with E-state index < -0.39 is 0 Å². The highest BCUT2D eigenvalue weighted by molar-refractivity contribution is 7.16. The van der Waals surface area contributed by atoms with Crippen molar-refractivity contribution in [1.29, 1.82) is 0 Å². The fourth-order valence-corrected chi connectivity index (χ4v) is 3.62. The highest BCUT2D eigenvalue weighted by atomic mass is 32.1. The zero-order valence-electron chi connectivity index (χ0n) is 13.8. The number of carbonyl (C=O) groups excluding carboxylic acids is 1. The van der Waals surface area contributed by atoms with Gasteiger partial charge >= 0.3 is 10.9 Å². The van der Waals surface area contributed by atoms with Crippen molar-refractivity contribution in [2.75, 3.05) is 6.61 Å². The lowest BCUT2D eigenvalue weighted by Gasteiger charge is -2.27. The molecule has 6 heteroatoms. The molecule has 1 aliphatic carbocycles. The topological polar surface area (TPSA) is 65.7 Å². The third-order valence-corrected chi connectivity index (χ3v) is 5.19. The van der Waals surface area contributed by atoms with E-state index in [2.05, 4.69) is 6.92 Å². The van der Waals surface area contributed by atoms with Crippen LogP contribution in [0.25, 0.3) is 10.3 Å². The summed E-state index contributed by atoms with van der Waals surface area (Å²) in [5, 5.41) is 0. The van der Waals surface area contributed by atoms with Crippen molar-refractivity contribution < 1.29 is 18.7 Å². The van der Waals surface area contributed by atoms with Crippen LogP contribution >= 0.6 is 11.3 Å². The van der Waals surface area contributed by atoms with E-state index in [4.69, 9.17) is 13.9 Å². The first-order valence-electron chi connectivity index (χ1n) is 8.52. The van der Waals surface area contributed by atoms with Crippen LogP contribution in [0.2, 0.25) is 0 Å². The molecule has 0 amide bonds. The van der Waals surface area contributed by atoms with Gasteiger partial charge in [0.05, 0.1) is 16.7 Å². The van der Waals surface area contributed by atoms with E-state index in [1.165, 1.54) is 0 Å². The first-order valence-corrected chi connectivity index (χ1v) is 9.34. The summed E-state index contributed by atoms with van der Waals surface area (Å²) < 4.78 is 17.1. The summed E-state index contributed by atoms with van der Waals surface area (Å²) in [6.45, 7) is 2.96. The quantitative estimate of drug-likeness (QED) is 0.445. The molecule has 3 rings (SSSR count). The van der Waals surface area contributed by atoms with Crippen molar-refractivity contribution in [3.8, 4) is 5.75 Å². The number of carbonyl (C=O) groups is 1. The molecule has 24 heavy (non-hydrogen) atoms. The van der Waals surface area contributed by atoms with Crippen molar-refractivity contribution in [2.45, 2.75) is 51.6 Å². The van der Waals surface area contributed by atoms with Crippen LogP contribution in [0.15, 0.2) is 27.4 Å². The van der Waals surface area contributed by atoms with Crippen LogP contribution in [0.4, 0.5) is 0 Å². The van der Waals surface area contributed by atoms with Crippen molar-refractivity contribution in [1.82, 2.24) is 0 Å². The van der Waals surface area contributed by atoms with Crippen LogP contribution in [0.3, 0.4) is 0 Å². The molecular formula is C18H22O5S. The predicted molar refractivity (Wildman–Crippen MR) is 92.6 cm³/mol. The van der Waals surface area contributed by atoms with Crippen LogP contribution in [0, 0.1) is 5.92 Å². The first-order chi connectivity index (χ1) is 11.7. The Morgan fingerprint density at radius 1 is 1.29 bits per heavy atom. The lowest BCUT2D eigenvalue weighted by Crippen LogP contribution is -2.29. The number of benzene rings is 1. The van der Waals surface area contributed by atoms with Crippen molar-refractivity contribution in [2.24, 2.45) is 5.92 Å². The summed E-state index contributed by atoms with van der Waals surface area (Å²) >= 11 is 1.04. The van der Waals surface area contributed by atoms with Crippen LogP contribution in [0.5, 0.6) is 5.75 Å². The lowest BCUT2D eigenvalue weighted by atomic mass is 9.87. The third-order valence-electron chi connectivity index (χ3n) is 4.38. The summed E-state index contributed by atoms with van der Waals surface area (Å²) in [6.07, 6.45) is 5.90. The maximum absolute atomic E-state index is 12.3. The Bertz CT molecular complexity index is 739. The average Bonchev–Trinajstić information content (AvgIpc) is 2.95. The Labute approximate surface area is 144 Å². The fraction of sp³-hybridized carbons (Fsp3) is 0.556. The van der Waals surface area contributed by atoms with E-state index in [1.54, 1.807) is 18.2 Å². The molecule has 0 N–H and O–H groups in total. The summed E-state index contributed by atoms with van der Waals surface area (Å²) in [5.74, 6) is 0.135. The first kappa shape index (κ1) is 17.2. The van der Waals surface area contributed by atoms with Gasteiger partial charge in [-0.05, 0) is 44.2 Å². The molecule has 2 aromatic rings. The number of unbranched alkanes of at least 4 members (excludes halogenated alkanes) is 1. The van der Waals surface area contributed by atoms with Crippen molar-refractivity contribution in [3.05, 3.63) is 27.9 Å². The van der Waals surface area contributed by atoms with Gasteiger partial charge in [0.2, 0.25) is 0 Å². The monoisotopic (exact) mass is 350 g/mol. The number of hydrogen-bond acceptors (Lipinski definition) is 6. The van der Waals surface area contributed by atoms with Gasteiger partial charge in [0.15, 0.2) is 5.58 Å². The largest absolute Gasteiger partial charge is 0.426 e. The minimum absolute atomic E-state index is 0.0822. The molecule has 0 spiro atoms. The molecule has 0 saturated heterocycles. The Hall–Kier alpha value is -1.66. The SMILES string of the molecule is CCCCOC1CCC(C(=O)Oc2ccc3sc(=O)oc3c2)CC1.